The van der Waals surface area contributed by atoms with Gasteiger partial charge in [-0.15, -0.1) is 0 Å². The predicted molar refractivity (Wildman–Crippen MR) is 108 cm³/mol. The van der Waals surface area contributed by atoms with E-state index in [2.05, 4.69) is 42.3 Å². The van der Waals surface area contributed by atoms with Crippen LogP contribution in [0.5, 0.6) is 0 Å². The molecule has 1 fully saturated rings. The first-order valence-corrected chi connectivity index (χ1v) is 9.52. The molecular formula is C22H28FN3O. The van der Waals surface area contributed by atoms with Gasteiger partial charge in [0.05, 0.1) is 18.3 Å². The molecule has 0 radical (unpaired) electrons. The van der Waals surface area contributed by atoms with Crippen LogP contribution >= 0.6 is 0 Å². The van der Waals surface area contributed by atoms with E-state index in [-0.39, 0.29) is 17.8 Å². The molecule has 0 spiro atoms. The molecule has 1 N–H and O–H groups in total. The zero-order valence-corrected chi connectivity index (χ0v) is 16.3. The minimum absolute atomic E-state index is 0.0166. The van der Waals surface area contributed by atoms with Gasteiger partial charge in [0, 0.05) is 26.2 Å². The third-order valence-corrected chi connectivity index (χ3v) is 5.21. The molecule has 4 nitrogen and oxygen atoms in total. The van der Waals surface area contributed by atoms with E-state index in [9.17, 15) is 9.18 Å². The average Bonchev–Trinajstić information content (AvgIpc) is 2.65. The summed E-state index contributed by atoms with van der Waals surface area (Å²) in [5.41, 5.74) is 4.19. The van der Waals surface area contributed by atoms with Crippen LogP contribution in [-0.4, -0.2) is 43.5 Å². The minimum atomic E-state index is -0.189. The molecule has 1 aliphatic rings. The molecule has 0 bridgehead atoms. The average molecular weight is 369 g/mol. The molecule has 1 atom stereocenters. The maximum absolute atomic E-state index is 13.9. The van der Waals surface area contributed by atoms with Gasteiger partial charge in [-0.3, -0.25) is 9.69 Å². The van der Waals surface area contributed by atoms with Crippen LogP contribution in [0.25, 0.3) is 0 Å². The Balaban J connectivity index is 1.51. The molecule has 2 aromatic carbocycles. The molecule has 0 saturated carbocycles. The van der Waals surface area contributed by atoms with Crippen LogP contribution in [0.3, 0.4) is 0 Å². The van der Waals surface area contributed by atoms with Gasteiger partial charge in [-0.05, 0) is 44.0 Å². The van der Waals surface area contributed by atoms with Crippen molar-refractivity contribution in [2.45, 2.75) is 26.8 Å². The van der Waals surface area contributed by atoms with Gasteiger partial charge >= 0.3 is 0 Å². The molecule has 1 aliphatic heterocycles. The Labute approximate surface area is 161 Å². The fourth-order valence-corrected chi connectivity index (χ4v) is 3.65. The van der Waals surface area contributed by atoms with Crippen molar-refractivity contribution in [3.63, 3.8) is 0 Å². The zero-order valence-electron chi connectivity index (χ0n) is 16.3. The van der Waals surface area contributed by atoms with Crippen LogP contribution < -0.4 is 10.2 Å². The van der Waals surface area contributed by atoms with E-state index in [1.807, 2.05) is 24.0 Å². The topological polar surface area (TPSA) is 35.6 Å². The molecular weight excluding hydrogens is 341 g/mol. The molecule has 0 aromatic heterocycles. The Hall–Kier alpha value is -2.40. The van der Waals surface area contributed by atoms with E-state index in [1.165, 1.54) is 17.2 Å². The summed E-state index contributed by atoms with van der Waals surface area (Å²) in [6.07, 6.45) is 0. The summed E-state index contributed by atoms with van der Waals surface area (Å²) in [7, 11) is 0. The number of nitrogens with one attached hydrogen (secondary N) is 1. The lowest BCUT2D eigenvalue weighted by molar-refractivity contribution is -0.123. The number of carbonyl (C=O) groups excluding carboxylic acids is 1. The lowest BCUT2D eigenvalue weighted by atomic mass is 10.00. The lowest BCUT2D eigenvalue weighted by Gasteiger charge is -2.36. The van der Waals surface area contributed by atoms with Gasteiger partial charge in [0.1, 0.15) is 5.82 Å². The van der Waals surface area contributed by atoms with E-state index in [0.29, 0.717) is 12.2 Å². The molecule has 2 aromatic rings. The van der Waals surface area contributed by atoms with E-state index in [0.717, 1.165) is 31.7 Å². The molecule has 1 heterocycles. The van der Waals surface area contributed by atoms with Gasteiger partial charge in [0.15, 0.2) is 0 Å². The van der Waals surface area contributed by atoms with Crippen LogP contribution in [0.2, 0.25) is 0 Å². The third-order valence-electron chi connectivity index (χ3n) is 5.21. The number of benzene rings is 2. The highest BCUT2D eigenvalue weighted by Gasteiger charge is 2.21. The van der Waals surface area contributed by atoms with Crippen molar-refractivity contribution >= 4 is 11.6 Å². The van der Waals surface area contributed by atoms with Crippen LogP contribution in [0.15, 0.2) is 42.5 Å². The van der Waals surface area contributed by atoms with Crippen molar-refractivity contribution in [1.29, 1.82) is 0 Å². The second-order valence-corrected chi connectivity index (χ2v) is 7.36. The monoisotopic (exact) mass is 369 g/mol. The molecule has 1 amide bonds. The number of piperazine rings is 1. The number of aryl methyl sites for hydroxylation is 2. The first kappa shape index (κ1) is 19.4. The number of nitrogens with zero attached hydrogens (tertiary/aromatic N) is 2. The maximum atomic E-state index is 13.9. The van der Waals surface area contributed by atoms with Crippen molar-refractivity contribution in [2.24, 2.45) is 0 Å². The highest BCUT2D eigenvalue weighted by molar-refractivity contribution is 5.78. The van der Waals surface area contributed by atoms with Crippen molar-refractivity contribution < 1.29 is 9.18 Å². The SMILES string of the molecule is Cc1ccc(C)c(C(C)NC(=O)CN2CCN(c3ccccc3F)CC2)c1. The van der Waals surface area contributed by atoms with Crippen LogP contribution in [-0.2, 0) is 4.79 Å². The smallest absolute Gasteiger partial charge is 0.234 e. The van der Waals surface area contributed by atoms with Gasteiger partial charge in [-0.1, -0.05) is 35.9 Å². The number of hydrogen-bond acceptors (Lipinski definition) is 3. The van der Waals surface area contributed by atoms with Gasteiger partial charge in [-0.25, -0.2) is 4.39 Å². The molecule has 1 saturated heterocycles. The van der Waals surface area contributed by atoms with E-state index < -0.39 is 0 Å². The Morgan fingerprint density at radius 2 is 1.81 bits per heavy atom. The van der Waals surface area contributed by atoms with Crippen LogP contribution in [0.1, 0.15) is 29.7 Å². The van der Waals surface area contributed by atoms with Crippen molar-refractivity contribution in [3.05, 3.63) is 65.0 Å². The summed E-state index contributed by atoms with van der Waals surface area (Å²) in [6, 6.07) is 13.2. The number of para-hydroxylation sites is 1. The van der Waals surface area contributed by atoms with Gasteiger partial charge in [0.25, 0.3) is 0 Å². The lowest BCUT2D eigenvalue weighted by Crippen LogP contribution is -2.50. The van der Waals surface area contributed by atoms with Crippen molar-refractivity contribution in [3.8, 4) is 0 Å². The predicted octanol–water partition coefficient (Wildman–Crippen LogP) is 3.44. The van der Waals surface area contributed by atoms with E-state index in [4.69, 9.17) is 0 Å². The quantitative estimate of drug-likeness (QED) is 0.877. The fourth-order valence-electron chi connectivity index (χ4n) is 3.65. The van der Waals surface area contributed by atoms with Crippen LogP contribution in [0, 0.1) is 19.7 Å². The first-order chi connectivity index (χ1) is 12.9. The number of anilines is 1. The number of amides is 1. The normalized spacial score (nSPS) is 16.2. The largest absolute Gasteiger partial charge is 0.367 e. The van der Waals surface area contributed by atoms with Crippen LogP contribution in [0.4, 0.5) is 10.1 Å². The van der Waals surface area contributed by atoms with Gasteiger partial charge in [-0.2, -0.15) is 0 Å². The molecule has 27 heavy (non-hydrogen) atoms. The summed E-state index contributed by atoms with van der Waals surface area (Å²) in [6.45, 7) is 9.47. The Kier molecular flexibility index (Phi) is 6.11. The standard InChI is InChI=1S/C22H28FN3O/c1-16-8-9-17(2)19(14-16)18(3)24-22(27)15-25-10-12-26(13-11-25)21-7-5-4-6-20(21)23/h4-9,14,18H,10-13,15H2,1-3H3,(H,24,27). The van der Waals surface area contributed by atoms with Crippen molar-refractivity contribution in [2.75, 3.05) is 37.6 Å². The number of rotatable bonds is 5. The van der Waals surface area contributed by atoms with Gasteiger partial charge in [0.2, 0.25) is 5.91 Å². The molecule has 0 aliphatic carbocycles. The summed E-state index contributed by atoms with van der Waals surface area (Å²) in [4.78, 5) is 16.6. The highest BCUT2D eigenvalue weighted by Crippen LogP contribution is 2.21. The maximum Gasteiger partial charge on any atom is 0.234 e. The first-order valence-electron chi connectivity index (χ1n) is 9.52. The molecule has 144 valence electrons. The Bertz CT molecular complexity index is 800. The zero-order chi connectivity index (χ0) is 19.4. The second-order valence-electron chi connectivity index (χ2n) is 7.36. The second kappa shape index (κ2) is 8.53. The fraction of sp³-hybridized carbons (Fsp3) is 0.409. The van der Waals surface area contributed by atoms with E-state index >= 15 is 0 Å². The highest BCUT2D eigenvalue weighted by atomic mass is 19.1. The Morgan fingerprint density at radius 1 is 1.11 bits per heavy atom. The Morgan fingerprint density at radius 3 is 2.52 bits per heavy atom. The third kappa shape index (κ3) is 4.86. The molecule has 1 unspecified atom stereocenters. The summed E-state index contributed by atoms with van der Waals surface area (Å²) in [5.74, 6) is -0.159. The summed E-state index contributed by atoms with van der Waals surface area (Å²) in [5, 5.41) is 3.11. The minimum Gasteiger partial charge on any atom is -0.367 e. The number of halogens is 1. The molecule has 5 heteroatoms. The van der Waals surface area contributed by atoms with Crippen molar-refractivity contribution in [1.82, 2.24) is 10.2 Å². The molecule has 3 rings (SSSR count). The summed E-state index contributed by atoms with van der Waals surface area (Å²) >= 11 is 0. The number of hydrogen-bond donors (Lipinski definition) is 1. The van der Waals surface area contributed by atoms with E-state index in [1.54, 1.807) is 6.07 Å². The number of carbonyl (C=O) groups is 1. The van der Waals surface area contributed by atoms with Gasteiger partial charge < -0.3 is 10.2 Å². The summed E-state index contributed by atoms with van der Waals surface area (Å²) < 4.78 is 13.9.